The van der Waals surface area contributed by atoms with Gasteiger partial charge in [-0.3, -0.25) is 4.79 Å². The van der Waals surface area contributed by atoms with Gasteiger partial charge in [-0.1, -0.05) is 12.2 Å². The van der Waals surface area contributed by atoms with Crippen LogP contribution in [0.4, 0.5) is 0 Å². The predicted octanol–water partition coefficient (Wildman–Crippen LogP) is -1.25. The van der Waals surface area contributed by atoms with Gasteiger partial charge in [0.1, 0.15) is 0 Å². The fraction of sp³-hybridized carbons (Fsp3) is 0. The third-order valence-corrected chi connectivity index (χ3v) is 1.31. The Balaban J connectivity index is 3.32. The van der Waals surface area contributed by atoms with Gasteiger partial charge in [-0.05, 0) is 0 Å². The summed E-state index contributed by atoms with van der Waals surface area (Å²) in [4.78, 5) is 11.4. The number of carbonyl (C=O) groups is 1. The zero-order valence-electron chi connectivity index (χ0n) is 4.87. The molecule has 0 saturated heterocycles. The van der Waals surface area contributed by atoms with Gasteiger partial charge in [0.15, 0.2) is 10.3 Å². The average molecular weight is 159 g/mol. The highest BCUT2D eigenvalue weighted by Crippen LogP contribution is 1.91. The van der Waals surface area contributed by atoms with Crippen molar-refractivity contribution in [1.82, 2.24) is 15.1 Å². The van der Waals surface area contributed by atoms with Gasteiger partial charge in [-0.25, -0.2) is 0 Å². The van der Waals surface area contributed by atoms with E-state index in [1.165, 1.54) is 0 Å². The quantitative estimate of drug-likeness (QED) is 0.352. The summed E-state index contributed by atoms with van der Waals surface area (Å²) in [5.41, 5.74) is 4.85. The lowest BCUT2D eigenvalue weighted by Gasteiger charge is -1.83. The lowest BCUT2D eigenvalue weighted by molar-refractivity contribution is 0.0995. The molecular weight excluding hydrogens is 154 g/mol. The van der Waals surface area contributed by atoms with Crippen LogP contribution >= 0.6 is 12.2 Å². The predicted molar refractivity (Wildman–Crippen MR) is 36.1 cm³/mol. The average Bonchev–Trinajstić information content (AvgIpc) is 2.14. The van der Waals surface area contributed by atoms with E-state index in [9.17, 15) is 4.79 Å². The second-order valence-electron chi connectivity index (χ2n) is 1.60. The zero-order chi connectivity index (χ0) is 7.72. The minimum Gasteiger partial charge on any atom is -0.364 e. The molecule has 0 saturated carbocycles. The Hall–Kier alpha value is -1.37. The van der Waals surface area contributed by atoms with Crippen molar-refractivity contribution in [3.63, 3.8) is 0 Å². The number of nitrogens with zero attached hydrogens (tertiary/aromatic N) is 2. The van der Waals surface area contributed by atoms with Crippen LogP contribution in [0, 0.1) is 4.64 Å². The summed E-state index contributed by atoms with van der Waals surface area (Å²) in [5, 5.41) is 5.71. The normalized spacial score (nSPS) is 9.60. The lowest BCUT2D eigenvalue weighted by atomic mass is 10.5. The number of nitrogens with two attached hydrogens (primary N) is 2. The number of nitrogen functional groups attached to an aromatic ring is 1. The van der Waals surface area contributed by atoms with Crippen LogP contribution in [0.15, 0.2) is 0 Å². The molecule has 0 unspecified atom stereocenters. The second kappa shape index (κ2) is 2.10. The highest BCUT2D eigenvalue weighted by atomic mass is 32.1. The molecule has 5 N–H and O–H groups in total. The Kier molecular flexibility index (Phi) is 1.42. The summed E-state index contributed by atoms with van der Waals surface area (Å²) < 4.78 is 0.104. The monoisotopic (exact) mass is 159 g/mol. The number of aromatic amines is 1. The molecule has 0 atom stereocenters. The van der Waals surface area contributed by atoms with E-state index >= 15 is 0 Å². The first kappa shape index (κ1) is 6.75. The van der Waals surface area contributed by atoms with Crippen LogP contribution in [-0.2, 0) is 0 Å². The molecule has 1 amide bonds. The topological polar surface area (TPSA) is 103 Å². The van der Waals surface area contributed by atoms with Crippen LogP contribution in [-0.4, -0.2) is 21.0 Å². The summed E-state index contributed by atoms with van der Waals surface area (Å²) in [7, 11) is 0. The fourth-order valence-electron chi connectivity index (χ4n) is 0.472. The van der Waals surface area contributed by atoms with Crippen molar-refractivity contribution in [3.05, 3.63) is 10.3 Å². The van der Waals surface area contributed by atoms with E-state index in [-0.39, 0.29) is 10.3 Å². The Morgan fingerprint density at radius 3 is 2.60 bits per heavy atom. The number of amides is 1. The molecule has 0 aliphatic rings. The van der Waals surface area contributed by atoms with Crippen LogP contribution < -0.4 is 11.6 Å². The first-order valence-corrected chi connectivity index (χ1v) is 2.76. The van der Waals surface area contributed by atoms with Gasteiger partial charge in [0.05, 0.1) is 0 Å². The largest absolute Gasteiger partial charge is 0.364 e. The Morgan fingerprint density at radius 1 is 1.80 bits per heavy atom. The molecule has 1 heterocycles. The van der Waals surface area contributed by atoms with Gasteiger partial charge in [0.25, 0.3) is 5.91 Å². The third kappa shape index (κ3) is 0.860. The maximum absolute atomic E-state index is 10.4. The molecule has 1 aromatic heterocycles. The van der Waals surface area contributed by atoms with E-state index in [1.54, 1.807) is 0 Å². The molecule has 0 aliphatic carbocycles. The summed E-state index contributed by atoms with van der Waals surface area (Å²) in [6.45, 7) is 0. The van der Waals surface area contributed by atoms with Crippen molar-refractivity contribution >= 4 is 18.1 Å². The maximum atomic E-state index is 10.4. The summed E-state index contributed by atoms with van der Waals surface area (Å²) in [6.07, 6.45) is 0. The van der Waals surface area contributed by atoms with Crippen molar-refractivity contribution in [2.24, 2.45) is 5.73 Å². The van der Waals surface area contributed by atoms with E-state index in [0.717, 1.165) is 4.79 Å². The highest BCUT2D eigenvalue weighted by Gasteiger charge is 2.07. The van der Waals surface area contributed by atoms with Crippen molar-refractivity contribution in [2.45, 2.75) is 0 Å². The molecule has 54 valence electrons. The number of H-pyrrole nitrogens is 1. The van der Waals surface area contributed by atoms with Crippen molar-refractivity contribution in [1.29, 1.82) is 0 Å². The summed E-state index contributed by atoms with van der Waals surface area (Å²) >= 11 is 4.65. The minimum atomic E-state index is -0.689. The summed E-state index contributed by atoms with van der Waals surface area (Å²) in [5.74, 6) is 4.48. The molecule has 7 heteroatoms. The smallest absolute Gasteiger partial charge is 0.272 e. The van der Waals surface area contributed by atoms with Gasteiger partial charge >= 0.3 is 0 Å². The molecule has 0 aliphatic heterocycles. The number of hydrogen-bond donors (Lipinski definition) is 3. The fourth-order valence-corrected chi connectivity index (χ4v) is 0.659. The first-order valence-electron chi connectivity index (χ1n) is 2.35. The van der Waals surface area contributed by atoms with E-state index in [4.69, 9.17) is 11.6 Å². The van der Waals surface area contributed by atoms with E-state index in [0.29, 0.717) is 0 Å². The van der Waals surface area contributed by atoms with Crippen molar-refractivity contribution < 1.29 is 4.79 Å². The molecule has 0 spiro atoms. The number of rotatable bonds is 1. The van der Waals surface area contributed by atoms with Crippen molar-refractivity contribution in [3.8, 4) is 0 Å². The van der Waals surface area contributed by atoms with Crippen LogP contribution in [0.2, 0.25) is 0 Å². The van der Waals surface area contributed by atoms with Crippen LogP contribution in [0.25, 0.3) is 0 Å². The zero-order valence-corrected chi connectivity index (χ0v) is 5.68. The maximum Gasteiger partial charge on any atom is 0.272 e. The minimum absolute atomic E-state index is 0.0162. The number of hydrogen-bond acceptors (Lipinski definition) is 4. The number of aromatic nitrogens is 3. The molecule has 0 bridgehead atoms. The Labute approximate surface area is 60.8 Å². The van der Waals surface area contributed by atoms with Crippen molar-refractivity contribution in [2.75, 3.05) is 5.84 Å². The van der Waals surface area contributed by atoms with E-state index in [1.807, 2.05) is 0 Å². The third-order valence-electron chi connectivity index (χ3n) is 0.924. The van der Waals surface area contributed by atoms with Gasteiger partial charge in [-0.15, -0.1) is 5.10 Å². The molecule has 10 heavy (non-hydrogen) atoms. The number of carbonyl (C=O) groups excluding carboxylic acids is 1. The van der Waals surface area contributed by atoms with Crippen LogP contribution in [0.1, 0.15) is 10.5 Å². The lowest BCUT2D eigenvalue weighted by Crippen LogP contribution is -2.13. The van der Waals surface area contributed by atoms with E-state index < -0.39 is 5.91 Å². The Bertz CT molecular complexity index is 311. The first-order chi connectivity index (χ1) is 4.63. The van der Waals surface area contributed by atoms with E-state index in [2.05, 4.69) is 22.5 Å². The highest BCUT2D eigenvalue weighted by molar-refractivity contribution is 7.71. The van der Waals surface area contributed by atoms with Gasteiger partial charge in [0.2, 0.25) is 0 Å². The molecule has 0 radical (unpaired) electrons. The number of primary amides is 1. The molecule has 1 aromatic rings. The number of nitrogens with one attached hydrogen (secondary N) is 1. The standard InChI is InChI=1S/C3H5N5OS/c4-2(9)1-3(10)8(5)7-6-1/h7H,5H2,(H2,4,9). The molecule has 0 fully saturated rings. The molecule has 6 nitrogen and oxygen atoms in total. The summed E-state index contributed by atoms with van der Waals surface area (Å²) in [6, 6.07) is 0. The van der Waals surface area contributed by atoms with Gasteiger partial charge in [0, 0.05) is 0 Å². The van der Waals surface area contributed by atoms with Gasteiger partial charge in [-0.2, -0.15) is 10.0 Å². The Morgan fingerprint density at radius 2 is 2.40 bits per heavy atom. The van der Waals surface area contributed by atoms with Gasteiger partial charge < -0.3 is 11.6 Å². The van der Waals surface area contributed by atoms with Crippen LogP contribution in [0.5, 0.6) is 0 Å². The SMILES string of the molecule is NC(=O)c1n[nH]n(N)c1=S. The second-order valence-corrected chi connectivity index (χ2v) is 1.99. The molecular formula is C3H5N5OS. The van der Waals surface area contributed by atoms with Crippen LogP contribution in [0.3, 0.4) is 0 Å². The molecule has 1 rings (SSSR count). The molecule has 0 aromatic carbocycles.